The van der Waals surface area contributed by atoms with Crippen molar-refractivity contribution in [2.45, 2.75) is 78.0 Å². The molecule has 0 aromatic heterocycles. The predicted octanol–water partition coefficient (Wildman–Crippen LogP) is 8.30. The van der Waals surface area contributed by atoms with Crippen LogP contribution >= 0.6 is 21.9 Å². The molecule has 26 heavy (non-hydrogen) atoms. The molecule has 1 aromatic carbocycles. The van der Waals surface area contributed by atoms with Gasteiger partial charge in [0, 0.05) is 4.90 Å². The van der Waals surface area contributed by atoms with Gasteiger partial charge in [0.25, 0.3) is 0 Å². The standard InChI is InChI=1S/C17H18S.C4H10.C2H6.CH5P/c1-2-12-10-14-8-9-15(18)11-16(14)17(12)13-6-4-3-5-7-13;1-3-4-2;2*1-2/h3-4,6,8-9,11,18H,2,5,7,10H2,1H3;3-4H2,1-2H3;1-2H3;2H2,1H3. The normalized spacial score (nSPS) is 14.1. The molecule has 1 unspecified atom stereocenters. The maximum Gasteiger partial charge on any atom is 0.00463 e. The second kappa shape index (κ2) is 15.3. The molecule has 3 rings (SSSR count). The minimum atomic E-state index is 1.07. The first-order chi connectivity index (χ1) is 12.7. The third-order valence-corrected chi connectivity index (χ3v) is 4.66. The molecule has 0 heterocycles. The SMILES string of the molecule is CC.CCC1=C(C2=CC=CCC2)c2cc(S)ccc2C1.CCCC.CP. The molecule has 0 bridgehead atoms. The van der Waals surface area contributed by atoms with Gasteiger partial charge in [-0.2, -0.15) is 0 Å². The maximum absolute atomic E-state index is 4.49. The topological polar surface area (TPSA) is 0 Å². The molecule has 0 saturated heterocycles. The lowest BCUT2D eigenvalue weighted by atomic mass is 9.91. The van der Waals surface area contributed by atoms with E-state index in [4.69, 9.17) is 0 Å². The molecular weight excluding hydrogens is 351 g/mol. The Morgan fingerprint density at radius 1 is 1.04 bits per heavy atom. The highest BCUT2D eigenvalue weighted by molar-refractivity contribution is 7.80. The van der Waals surface area contributed by atoms with Crippen LogP contribution in [0.3, 0.4) is 0 Å². The summed E-state index contributed by atoms with van der Waals surface area (Å²) >= 11 is 4.49. The Labute approximate surface area is 170 Å². The molecule has 0 saturated carbocycles. The van der Waals surface area contributed by atoms with E-state index in [2.05, 4.69) is 79.1 Å². The third-order valence-electron chi connectivity index (χ3n) is 4.38. The number of fused-ring (bicyclic) bond motifs is 1. The van der Waals surface area contributed by atoms with Gasteiger partial charge in [-0.05, 0) is 60.1 Å². The van der Waals surface area contributed by atoms with Crippen molar-refractivity contribution in [3.05, 3.63) is 58.7 Å². The van der Waals surface area contributed by atoms with Crippen molar-refractivity contribution in [1.82, 2.24) is 0 Å². The summed E-state index contributed by atoms with van der Waals surface area (Å²) in [6.07, 6.45) is 14.0. The van der Waals surface area contributed by atoms with Crippen LogP contribution in [0.25, 0.3) is 5.57 Å². The van der Waals surface area contributed by atoms with Crippen molar-refractivity contribution in [3.8, 4) is 0 Å². The minimum Gasteiger partial charge on any atom is -0.143 e. The van der Waals surface area contributed by atoms with Gasteiger partial charge in [0.05, 0.1) is 0 Å². The zero-order valence-electron chi connectivity index (χ0n) is 17.7. The number of benzene rings is 1. The van der Waals surface area contributed by atoms with Gasteiger partial charge < -0.3 is 0 Å². The summed E-state index contributed by atoms with van der Waals surface area (Å²) in [5, 5.41) is 0. The van der Waals surface area contributed by atoms with E-state index >= 15 is 0 Å². The van der Waals surface area contributed by atoms with Gasteiger partial charge in [-0.15, -0.1) is 21.9 Å². The fourth-order valence-corrected chi connectivity index (χ4v) is 3.18. The van der Waals surface area contributed by atoms with E-state index in [0.717, 1.165) is 17.7 Å². The second-order valence-corrected chi connectivity index (χ2v) is 6.53. The summed E-state index contributed by atoms with van der Waals surface area (Å²) in [6, 6.07) is 6.57. The van der Waals surface area contributed by atoms with E-state index in [0.29, 0.717) is 0 Å². The highest BCUT2D eigenvalue weighted by Gasteiger charge is 2.23. The van der Waals surface area contributed by atoms with E-state index in [9.17, 15) is 0 Å². The Balaban J connectivity index is 0.000000680. The minimum absolute atomic E-state index is 1.07. The van der Waals surface area contributed by atoms with Gasteiger partial charge in [0.15, 0.2) is 0 Å². The van der Waals surface area contributed by atoms with E-state index in [1.807, 2.05) is 20.5 Å². The molecule has 0 N–H and O–H groups in total. The predicted molar refractivity (Wildman–Crippen MR) is 129 cm³/mol. The first-order valence-corrected chi connectivity index (χ1v) is 11.8. The summed E-state index contributed by atoms with van der Waals surface area (Å²) in [6.45, 7) is 12.5. The van der Waals surface area contributed by atoms with Crippen molar-refractivity contribution in [2.24, 2.45) is 0 Å². The Bertz CT molecular complexity index is 607. The van der Waals surface area contributed by atoms with Crippen LogP contribution in [0.5, 0.6) is 0 Å². The average Bonchev–Trinajstić information content (AvgIpc) is 3.09. The number of hydrogen-bond donors (Lipinski definition) is 1. The molecule has 0 radical (unpaired) electrons. The van der Waals surface area contributed by atoms with Crippen LogP contribution < -0.4 is 0 Å². The van der Waals surface area contributed by atoms with Crippen LogP contribution in [-0.4, -0.2) is 6.66 Å². The molecule has 0 spiro atoms. The van der Waals surface area contributed by atoms with Crippen LogP contribution in [0.4, 0.5) is 0 Å². The van der Waals surface area contributed by atoms with Gasteiger partial charge in [-0.25, -0.2) is 0 Å². The highest BCUT2D eigenvalue weighted by atomic mass is 32.1. The summed E-state index contributed by atoms with van der Waals surface area (Å²) in [5.41, 5.74) is 7.49. The lowest BCUT2D eigenvalue weighted by molar-refractivity contribution is 0.886. The molecule has 0 fully saturated rings. The maximum atomic E-state index is 4.49. The van der Waals surface area contributed by atoms with E-state index < -0.39 is 0 Å². The molecule has 0 nitrogen and oxygen atoms in total. The Hall–Kier alpha value is -0.780. The van der Waals surface area contributed by atoms with Gasteiger partial charge in [-0.1, -0.05) is 84.0 Å². The Morgan fingerprint density at radius 3 is 2.19 bits per heavy atom. The summed E-state index contributed by atoms with van der Waals surface area (Å²) < 4.78 is 0. The first-order valence-electron chi connectivity index (χ1n) is 10.2. The summed E-state index contributed by atoms with van der Waals surface area (Å²) in [5.74, 6) is 0. The lowest BCUT2D eigenvalue weighted by Crippen LogP contribution is -1.93. The van der Waals surface area contributed by atoms with Crippen molar-refractivity contribution < 1.29 is 0 Å². The van der Waals surface area contributed by atoms with Crippen molar-refractivity contribution in [1.29, 1.82) is 0 Å². The molecule has 146 valence electrons. The number of rotatable bonds is 3. The van der Waals surface area contributed by atoms with Crippen LogP contribution in [0.1, 0.15) is 77.8 Å². The summed E-state index contributed by atoms with van der Waals surface area (Å²) in [4.78, 5) is 1.07. The molecular formula is C24H39PS. The number of unbranched alkanes of at least 4 members (excludes halogenated alkanes) is 1. The highest BCUT2D eigenvalue weighted by Crippen LogP contribution is 2.41. The van der Waals surface area contributed by atoms with Crippen molar-refractivity contribution >= 4 is 27.4 Å². The Morgan fingerprint density at radius 2 is 1.69 bits per heavy atom. The molecule has 1 aromatic rings. The van der Waals surface area contributed by atoms with Gasteiger partial charge in [0.1, 0.15) is 0 Å². The zero-order chi connectivity index (χ0) is 19.9. The van der Waals surface area contributed by atoms with Gasteiger partial charge >= 0.3 is 0 Å². The van der Waals surface area contributed by atoms with E-state index in [1.165, 1.54) is 48.0 Å². The molecule has 1 atom stereocenters. The van der Waals surface area contributed by atoms with Crippen LogP contribution in [0.15, 0.2) is 52.5 Å². The Kier molecular flexibility index (Phi) is 14.8. The monoisotopic (exact) mass is 390 g/mol. The second-order valence-electron chi connectivity index (χ2n) is 6.01. The third kappa shape index (κ3) is 7.45. The van der Waals surface area contributed by atoms with Crippen molar-refractivity contribution in [3.63, 3.8) is 0 Å². The number of hydrogen-bond acceptors (Lipinski definition) is 1. The zero-order valence-corrected chi connectivity index (χ0v) is 19.8. The van der Waals surface area contributed by atoms with Crippen LogP contribution in [0, 0.1) is 0 Å². The smallest absolute Gasteiger partial charge is 0.00463 e. The lowest BCUT2D eigenvalue weighted by Gasteiger charge is -2.14. The quantitative estimate of drug-likeness (QED) is 0.389. The van der Waals surface area contributed by atoms with E-state index in [-0.39, 0.29) is 0 Å². The van der Waals surface area contributed by atoms with Gasteiger partial charge in [0.2, 0.25) is 0 Å². The van der Waals surface area contributed by atoms with E-state index in [1.54, 1.807) is 5.57 Å². The van der Waals surface area contributed by atoms with Crippen molar-refractivity contribution in [2.75, 3.05) is 6.66 Å². The molecule has 2 aliphatic carbocycles. The molecule has 2 aliphatic rings. The summed E-state index contributed by atoms with van der Waals surface area (Å²) in [7, 11) is 2.42. The van der Waals surface area contributed by atoms with Crippen LogP contribution in [0.2, 0.25) is 0 Å². The number of thiol groups is 1. The molecule has 2 heteroatoms. The molecule has 0 aliphatic heterocycles. The largest absolute Gasteiger partial charge is 0.143 e. The number of allylic oxidation sites excluding steroid dienone is 6. The van der Waals surface area contributed by atoms with Gasteiger partial charge in [-0.3, -0.25) is 0 Å². The van der Waals surface area contributed by atoms with Crippen LogP contribution in [-0.2, 0) is 6.42 Å². The molecule has 0 amide bonds. The first kappa shape index (κ1) is 25.2. The fourth-order valence-electron chi connectivity index (χ4n) is 2.97. The fraction of sp³-hybridized carbons (Fsp3) is 0.500. The average molecular weight is 391 g/mol.